The first-order valence-electron chi connectivity index (χ1n) is 9.30. The number of thiazole rings is 1. The minimum atomic E-state index is -0.327. The van der Waals surface area contributed by atoms with Crippen LogP contribution in [-0.2, 0) is 12.0 Å². The molecule has 1 atom stereocenters. The lowest BCUT2D eigenvalue weighted by Crippen LogP contribution is -2.50. The van der Waals surface area contributed by atoms with Crippen LogP contribution < -0.4 is 5.73 Å². The second-order valence-electron chi connectivity index (χ2n) is 7.94. The summed E-state index contributed by atoms with van der Waals surface area (Å²) in [5.74, 6) is 0.877. The Morgan fingerprint density at radius 3 is 3.00 bits per heavy atom. The van der Waals surface area contributed by atoms with Crippen LogP contribution in [0.2, 0.25) is 0 Å². The van der Waals surface area contributed by atoms with Crippen molar-refractivity contribution in [2.75, 3.05) is 26.2 Å². The van der Waals surface area contributed by atoms with E-state index in [4.69, 9.17) is 10.7 Å². The molecule has 1 saturated carbocycles. The molecule has 2 fully saturated rings. The van der Waals surface area contributed by atoms with E-state index < -0.39 is 0 Å². The van der Waals surface area contributed by atoms with Gasteiger partial charge in [0, 0.05) is 47.9 Å². The molecule has 3 aliphatic rings. The molecule has 4 heterocycles. The molecular weight excluding hydrogens is 346 g/mol. The largest absolute Gasteiger partial charge is 0.351 e. The van der Waals surface area contributed by atoms with Crippen LogP contribution in [0.4, 0.5) is 4.79 Å². The van der Waals surface area contributed by atoms with Crippen molar-refractivity contribution >= 4 is 17.4 Å². The van der Waals surface area contributed by atoms with E-state index in [-0.39, 0.29) is 11.4 Å². The number of nitrogens with zero attached hydrogens (tertiary/aromatic N) is 4. The fourth-order valence-corrected chi connectivity index (χ4v) is 5.60. The number of amides is 2. The highest BCUT2D eigenvalue weighted by atomic mass is 32.1. The van der Waals surface area contributed by atoms with Gasteiger partial charge in [-0.15, -0.1) is 11.3 Å². The van der Waals surface area contributed by atoms with E-state index in [1.165, 1.54) is 30.0 Å². The number of hydrogen-bond donors (Lipinski definition) is 1. The molecule has 0 aromatic carbocycles. The first-order valence-corrected chi connectivity index (χ1v) is 10.1. The van der Waals surface area contributed by atoms with E-state index in [0.717, 1.165) is 36.0 Å². The monoisotopic (exact) mass is 369 g/mol. The Labute approximate surface area is 157 Å². The second kappa shape index (κ2) is 6.03. The summed E-state index contributed by atoms with van der Waals surface area (Å²) in [7, 11) is 0. The molecule has 0 unspecified atom stereocenters. The lowest BCUT2D eigenvalue weighted by molar-refractivity contribution is 0.172. The number of carbonyl (C=O) groups excluding carboxylic acids is 1. The summed E-state index contributed by atoms with van der Waals surface area (Å²) >= 11 is 1.68. The highest BCUT2D eigenvalue weighted by Gasteiger charge is 2.48. The van der Waals surface area contributed by atoms with Crippen LogP contribution >= 0.6 is 11.3 Å². The van der Waals surface area contributed by atoms with Crippen LogP contribution in [0.1, 0.15) is 29.8 Å². The third-order valence-electron chi connectivity index (χ3n) is 5.89. The Hall–Kier alpha value is -1.99. The number of pyridine rings is 1. The topological polar surface area (TPSA) is 75.4 Å². The molecule has 0 bridgehead atoms. The van der Waals surface area contributed by atoms with Crippen molar-refractivity contribution in [3.05, 3.63) is 35.1 Å². The number of carbonyl (C=O) groups is 1. The SMILES string of the molecule is NC(=O)N1Cc2sc(-c3cccnc3)nc2[C@@]2(CCN(CC3CC3)C2)C1. The summed E-state index contributed by atoms with van der Waals surface area (Å²) in [5.41, 5.74) is 7.83. The summed E-state index contributed by atoms with van der Waals surface area (Å²) in [6.45, 7) is 4.52. The molecule has 1 spiro atoms. The van der Waals surface area contributed by atoms with Crippen molar-refractivity contribution in [3.63, 3.8) is 0 Å². The van der Waals surface area contributed by atoms with Gasteiger partial charge in [-0.3, -0.25) is 4.98 Å². The van der Waals surface area contributed by atoms with E-state index in [1.807, 2.05) is 18.3 Å². The molecule has 7 heteroatoms. The molecule has 5 rings (SSSR count). The molecule has 2 amide bonds. The Morgan fingerprint density at radius 1 is 1.38 bits per heavy atom. The maximum atomic E-state index is 12.0. The third-order valence-corrected chi connectivity index (χ3v) is 6.98. The third kappa shape index (κ3) is 2.79. The molecular formula is C19H23N5OS. The number of hydrogen-bond acceptors (Lipinski definition) is 5. The smallest absolute Gasteiger partial charge is 0.315 e. The van der Waals surface area contributed by atoms with Gasteiger partial charge in [0.05, 0.1) is 12.2 Å². The van der Waals surface area contributed by atoms with Crippen LogP contribution in [0.15, 0.2) is 24.5 Å². The molecule has 1 aliphatic carbocycles. The van der Waals surface area contributed by atoms with Crippen LogP contribution in [0, 0.1) is 5.92 Å². The van der Waals surface area contributed by atoms with Crippen molar-refractivity contribution in [3.8, 4) is 10.6 Å². The molecule has 1 saturated heterocycles. The summed E-state index contributed by atoms with van der Waals surface area (Å²) in [6, 6.07) is 3.66. The van der Waals surface area contributed by atoms with Gasteiger partial charge in [-0.05, 0) is 43.9 Å². The number of primary amides is 1. The van der Waals surface area contributed by atoms with E-state index in [9.17, 15) is 4.79 Å². The molecule has 2 aromatic rings. The van der Waals surface area contributed by atoms with Crippen LogP contribution in [0.5, 0.6) is 0 Å². The van der Waals surface area contributed by atoms with Crippen molar-refractivity contribution in [2.24, 2.45) is 11.7 Å². The fraction of sp³-hybridized carbons (Fsp3) is 0.526. The summed E-state index contributed by atoms with van der Waals surface area (Å²) in [5, 5.41) is 0.995. The highest BCUT2D eigenvalue weighted by Crippen LogP contribution is 2.45. The van der Waals surface area contributed by atoms with E-state index in [0.29, 0.717) is 13.1 Å². The summed E-state index contributed by atoms with van der Waals surface area (Å²) in [6.07, 6.45) is 7.41. The van der Waals surface area contributed by atoms with E-state index >= 15 is 0 Å². The van der Waals surface area contributed by atoms with Crippen molar-refractivity contribution in [1.29, 1.82) is 0 Å². The Bertz CT molecular complexity index is 834. The van der Waals surface area contributed by atoms with Crippen molar-refractivity contribution < 1.29 is 4.79 Å². The van der Waals surface area contributed by atoms with Crippen LogP contribution in [-0.4, -0.2) is 52.0 Å². The van der Waals surface area contributed by atoms with Gasteiger partial charge >= 0.3 is 6.03 Å². The summed E-state index contributed by atoms with van der Waals surface area (Å²) in [4.78, 5) is 26.8. The normalized spacial score (nSPS) is 25.6. The average molecular weight is 369 g/mol. The summed E-state index contributed by atoms with van der Waals surface area (Å²) < 4.78 is 0. The lowest BCUT2D eigenvalue weighted by Gasteiger charge is -2.38. The fourth-order valence-electron chi connectivity index (χ4n) is 4.41. The zero-order chi connectivity index (χ0) is 17.7. The quantitative estimate of drug-likeness (QED) is 0.902. The lowest BCUT2D eigenvalue weighted by atomic mass is 9.80. The minimum Gasteiger partial charge on any atom is -0.351 e. The Morgan fingerprint density at radius 2 is 2.27 bits per heavy atom. The molecule has 2 aromatic heterocycles. The van der Waals surface area contributed by atoms with E-state index in [1.54, 1.807) is 22.4 Å². The van der Waals surface area contributed by atoms with Gasteiger partial charge in [0.15, 0.2) is 0 Å². The van der Waals surface area contributed by atoms with Gasteiger partial charge in [0.2, 0.25) is 0 Å². The number of urea groups is 1. The van der Waals surface area contributed by atoms with Crippen LogP contribution in [0.25, 0.3) is 10.6 Å². The highest BCUT2D eigenvalue weighted by molar-refractivity contribution is 7.15. The predicted molar refractivity (Wildman–Crippen MR) is 101 cm³/mol. The number of fused-ring (bicyclic) bond motifs is 2. The van der Waals surface area contributed by atoms with Crippen molar-refractivity contribution in [2.45, 2.75) is 31.2 Å². The Balaban J connectivity index is 1.51. The maximum absolute atomic E-state index is 12.0. The number of likely N-dealkylation sites (tertiary alicyclic amines) is 1. The average Bonchev–Trinajstić information content (AvgIpc) is 3.20. The predicted octanol–water partition coefficient (Wildman–Crippen LogP) is 2.45. The standard InChI is InChI=1S/C19H23N5OS/c20-18(25)24-10-15-16(22-17(26-15)14-2-1-6-21-8-14)19(12-24)5-7-23(11-19)9-13-3-4-13/h1-2,6,8,13H,3-5,7,9-12H2,(H2,20,25)/t19-/m1/s1. The van der Waals surface area contributed by atoms with Gasteiger partial charge in [-0.2, -0.15) is 0 Å². The molecule has 2 N–H and O–H groups in total. The minimum absolute atomic E-state index is 0.0749. The van der Waals surface area contributed by atoms with Crippen LogP contribution in [0.3, 0.4) is 0 Å². The van der Waals surface area contributed by atoms with Crippen molar-refractivity contribution in [1.82, 2.24) is 19.8 Å². The number of aromatic nitrogens is 2. The zero-order valence-electron chi connectivity index (χ0n) is 14.7. The van der Waals surface area contributed by atoms with E-state index in [2.05, 4.69) is 9.88 Å². The zero-order valence-corrected chi connectivity index (χ0v) is 15.5. The molecule has 6 nitrogen and oxygen atoms in total. The van der Waals surface area contributed by atoms with Gasteiger partial charge in [0.1, 0.15) is 5.01 Å². The number of rotatable bonds is 3. The molecule has 0 radical (unpaired) electrons. The molecule has 26 heavy (non-hydrogen) atoms. The Kier molecular flexibility index (Phi) is 3.76. The maximum Gasteiger partial charge on any atom is 0.315 e. The number of nitrogens with two attached hydrogens (primary N) is 1. The first-order chi connectivity index (χ1) is 12.6. The second-order valence-corrected chi connectivity index (χ2v) is 9.02. The molecule has 136 valence electrons. The van der Waals surface area contributed by atoms with Gasteiger partial charge < -0.3 is 15.5 Å². The van der Waals surface area contributed by atoms with Gasteiger partial charge in [0.25, 0.3) is 0 Å². The first kappa shape index (κ1) is 16.2. The van der Waals surface area contributed by atoms with Gasteiger partial charge in [-0.1, -0.05) is 0 Å². The molecule has 2 aliphatic heterocycles. The van der Waals surface area contributed by atoms with Gasteiger partial charge in [-0.25, -0.2) is 9.78 Å².